The van der Waals surface area contributed by atoms with Crippen LogP contribution >= 0.6 is 11.6 Å². The van der Waals surface area contributed by atoms with Crippen LogP contribution in [-0.2, 0) is 15.8 Å². The van der Waals surface area contributed by atoms with E-state index in [0.717, 1.165) is 6.08 Å². The summed E-state index contributed by atoms with van der Waals surface area (Å²) in [5, 5.41) is -0.583. The molecule has 2 rings (SSSR count). The number of carbonyl (C=O) groups is 2. The quantitative estimate of drug-likeness (QED) is 0.516. The maximum atomic E-state index is 13.6. The highest BCUT2D eigenvalue weighted by Crippen LogP contribution is 2.35. The Balaban J connectivity index is 2.33. The Morgan fingerprint density at radius 3 is 2.43 bits per heavy atom. The van der Waals surface area contributed by atoms with Gasteiger partial charge in [-0.15, -0.1) is 0 Å². The summed E-state index contributed by atoms with van der Waals surface area (Å²) in [4.78, 5) is 26.2. The Kier molecular flexibility index (Phi) is 3.62. The van der Waals surface area contributed by atoms with Crippen molar-refractivity contribution in [2.75, 3.05) is 5.43 Å². The zero-order valence-corrected chi connectivity index (χ0v) is 11.0. The summed E-state index contributed by atoms with van der Waals surface area (Å²) in [7, 11) is 0. The van der Waals surface area contributed by atoms with E-state index in [1.165, 1.54) is 6.92 Å². The molecule has 5 nitrogen and oxygen atoms in total. The third-order valence-electron chi connectivity index (χ3n) is 2.55. The van der Waals surface area contributed by atoms with Gasteiger partial charge in [0.2, 0.25) is 0 Å². The maximum absolute atomic E-state index is 13.6. The summed E-state index contributed by atoms with van der Waals surface area (Å²) in [6.07, 6.45) is -3.89. The van der Waals surface area contributed by atoms with E-state index in [1.807, 2.05) is 5.43 Å². The molecule has 0 aromatic carbocycles. The van der Waals surface area contributed by atoms with Crippen LogP contribution in [0.25, 0.3) is 0 Å². The molecule has 10 heteroatoms. The van der Waals surface area contributed by atoms with Crippen LogP contribution in [0.5, 0.6) is 0 Å². The van der Waals surface area contributed by atoms with Crippen LogP contribution in [0.15, 0.2) is 17.7 Å². The third kappa shape index (κ3) is 2.82. The molecule has 0 saturated carbocycles. The van der Waals surface area contributed by atoms with E-state index in [4.69, 9.17) is 11.6 Å². The monoisotopic (exact) mass is 323 g/mol. The predicted octanol–water partition coefficient (Wildman–Crippen LogP) is 2.53. The van der Waals surface area contributed by atoms with Gasteiger partial charge in [-0.05, 0) is 13.0 Å². The second-order valence-electron chi connectivity index (χ2n) is 4.07. The minimum absolute atomic E-state index is 0.0888. The van der Waals surface area contributed by atoms with Crippen molar-refractivity contribution in [2.45, 2.75) is 13.1 Å². The van der Waals surface area contributed by atoms with Crippen LogP contribution in [0.1, 0.15) is 12.5 Å². The minimum Gasteiger partial charge on any atom is -0.269 e. The van der Waals surface area contributed by atoms with Crippen LogP contribution in [0.4, 0.5) is 23.4 Å². The van der Waals surface area contributed by atoms with Gasteiger partial charge < -0.3 is 0 Å². The highest BCUT2D eigenvalue weighted by molar-refractivity contribution is 6.30. The van der Waals surface area contributed by atoms with E-state index >= 15 is 0 Å². The van der Waals surface area contributed by atoms with E-state index < -0.39 is 40.3 Å². The van der Waals surface area contributed by atoms with Crippen LogP contribution in [0.3, 0.4) is 0 Å². The molecule has 0 atom stereocenters. The maximum Gasteiger partial charge on any atom is 0.419 e. The van der Waals surface area contributed by atoms with Crippen molar-refractivity contribution in [3.05, 3.63) is 34.2 Å². The number of anilines is 1. The lowest BCUT2D eigenvalue weighted by molar-refractivity contribution is -0.138. The number of amides is 2. The number of rotatable bonds is 2. The second kappa shape index (κ2) is 4.99. The fourth-order valence-electron chi connectivity index (χ4n) is 1.54. The molecule has 1 aliphatic heterocycles. The highest BCUT2D eigenvalue weighted by Gasteiger charge is 2.36. The van der Waals surface area contributed by atoms with Crippen molar-refractivity contribution in [1.29, 1.82) is 0 Å². The lowest BCUT2D eigenvalue weighted by Crippen LogP contribution is -2.37. The molecular weight excluding hydrogens is 318 g/mol. The molecular formula is C11H6ClF4N3O2. The molecule has 1 aliphatic rings. The number of nitrogens with one attached hydrogen (secondary N) is 1. The fourth-order valence-corrected chi connectivity index (χ4v) is 1.79. The first-order chi connectivity index (χ1) is 9.61. The standard InChI is InChI=1S/C11H6ClF4N3O2/c1-4-2-7(20)19(10(4)21)18-9-6(13)3-5(8(12)17-9)11(14,15)16/h2-3H,1H3,(H,17,18). The summed E-state index contributed by atoms with van der Waals surface area (Å²) in [5.41, 5.74) is 0.634. The van der Waals surface area contributed by atoms with E-state index in [2.05, 4.69) is 4.98 Å². The van der Waals surface area contributed by atoms with Gasteiger partial charge in [-0.3, -0.25) is 15.0 Å². The molecule has 2 heterocycles. The van der Waals surface area contributed by atoms with E-state index in [9.17, 15) is 27.2 Å². The van der Waals surface area contributed by atoms with Gasteiger partial charge in [0.15, 0.2) is 11.6 Å². The molecule has 0 unspecified atom stereocenters. The molecule has 2 amide bonds. The normalized spacial score (nSPS) is 15.5. The summed E-state index contributed by atoms with van der Waals surface area (Å²) in [6, 6.07) is 0.128. The number of imide groups is 1. The topological polar surface area (TPSA) is 62.3 Å². The molecule has 0 saturated heterocycles. The summed E-state index contributed by atoms with van der Waals surface area (Å²) < 4.78 is 51.1. The van der Waals surface area contributed by atoms with Gasteiger partial charge in [0.05, 0.1) is 5.56 Å². The molecule has 1 N–H and O–H groups in total. The minimum atomic E-state index is -4.87. The average Bonchev–Trinajstić information content (AvgIpc) is 2.58. The zero-order valence-electron chi connectivity index (χ0n) is 10.3. The van der Waals surface area contributed by atoms with E-state index in [0.29, 0.717) is 5.01 Å². The number of carbonyl (C=O) groups excluding carboxylic acids is 2. The van der Waals surface area contributed by atoms with Crippen LogP contribution < -0.4 is 5.43 Å². The molecule has 0 aliphatic carbocycles. The molecule has 1 aromatic heterocycles. The fraction of sp³-hybridized carbons (Fsp3) is 0.182. The number of halogens is 5. The van der Waals surface area contributed by atoms with Gasteiger partial charge in [0, 0.05) is 11.6 Å². The summed E-state index contributed by atoms with van der Waals surface area (Å²) >= 11 is 5.33. The number of hydrogen-bond donors (Lipinski definition) is 1. The Morgan fingerprint density at radius 2 is 1.95 bits per heavy atom. The van der Waals surface area contributed by atoms with Crippen molar-refractivity contribution in [3.63, 3.8) is 0 Å². The smallest absolute Gasteiger partial charge is 0.269 e. The Labute approximate surface area is 120 Å². The molecule has 1 aromatic rings. The molecule has 21 heavy (non-hydrogen) atoms. The molecule has 0 spiro atoms. The number of aromatic nitrogens is 1. The lowest BCUT2D eigenvalue weighted by atomic mass is 10.2. The molecule has 0 bridgehead atoms. The molecule has 0 radical (unpaired) electrons. The van der Waals surface area contributed by atoms with E-state index in [-0.39, 0.29) is 11.6 Å². The average molecular weight is 324 g/mol. The Morgan fingerprint density at radius 1 is 1.33 bits per heavy atom. The Bertz CT molecular complexity index is 672. The number of pyridine rings is 1. The second-order valence-corrected chi connectivity index (χ2v) is 4.43. The van der Waals surface area contributed by atoms with Crippen molar-refractivity contribution in [3.8, 4) is 0 Å². The largest absolute Gasteiger partial charge is 0.419 e. The van der Waals surface area contributed by atoms with Crippen molar-refractivity contribution < 1.29 is 27.2 Å². The van der Waals surface area contributed by atoms with Gasteiger partial charge >= 0.3 is 6.18 Å². The first kappa shape index (κ1) is 15.2. The summed E-state index contributed by atoms with van der Waals surface area (Å²) in [5.74, 6) is -3.73. The lowest BCUT2D eigenvalue weighted by Gasteiger charge is -2.17. The van der Waals surface area contributed by atoms with Crippen molar-refractivity contribution >= 4 is 29.2 Å². The van der Waals surface area contributed by atoms with E-state index in [1.54, 1.807) is 0 Å². The first-order valence-electron chi connectivity index (χ1n) is 5.38. The first-order valence-corrected chi connectivity index (χ1v) is 5.75. The van der Waals surface area contributed by atoms with Crippen LogP contribution in [0, 0.1) is 5.82 Å². The van der Waals surface area contributed by atoms with Gasteiger partial charge in [0.1, 0.15) is 5.15 Å². The SMILES string of the molecule is CC1=CC(=O)N(Nc2nc(Cl)c(C(F)(F)F)cc2F)C1=O. The van der Waals surface area contributed by atoms with Gasteiger partial charge in [-0.2, -0.15) is 18.2 Å². The van der Waals surface area contributed by atoms with Crippen LogP contribution in [-0.4, -0.2) is 21.8 Å². The zero-order chi connectivity index (χ0) is 15.9. The molecule has 112 valence electrons. The number of alkyl halides is 3. The Hall–Kier alpha value is -2.16. The highest BCUT2D eigenvalue weighted by atomic mass is 35.5. The van der Waals surface area contributed by atoms with Crippen molar-refractivity contribution in [1.82, 2.24) is 9.99 Å². The van der Waals surface area contributed by atoms with Gasteiger partial charge in [0.25, 0.3) is 11.8 Å². The number of hydrazine groups is 1. The van der Waals surface area contributed by atoms with Crippen LogP contribution in [0.2, 0.25) is 5.15 Å². The third-order valence-corrected chi connectivity index (χ3v) is 2.84. The predicted molar refractivity (Wildman–Crippen MR) is 63.4 cm³/mol. The summed E-state index contributed by atoms with van der Waals surface area (Å²) in [6.45, 7) is 1.35. The number of nitrogens with zero attached hydrogens (tertiary/aromatic N) is 2. The van der Waals surface area contributed by atoms with Gasteiger partial charge in [-0.25, -0.2) is 9.37 Å². The van der Waals surface area contributed by atoms with Crippen molar-refractivity contribution in [2.24, 2.45) is 0 Å². The van der Waals surface area contributed by atoms with Gasteiger partial charge in [-0.1, -0.05) is 11.6 Å². The number of hydrogen-bond acceptors (Lipinski definition) is 4. The molecule has 0 fully saturated rings.